The molecule has 1 heterocycles. The van der Waals surface area contributed by atoms with E-state index in [2.05, 4.69) is 5.32 Å². The first-order valence-electron chi connectivity index (χ1n) is 4.29. The number of rotatable bonds is 5. The second-order valence-electron chi connectivity index (χ2n) is 3.02. The van der Waals surface area contributed by atoms with Crippen LogP contribution in [-0.2, 0) is 0 Å². The van der Waals surface area contributed by atoms with Crippen molar-refractivity contribution >= 4 is 0 Å². The first kappa shape index (κ1) is 10.2. The molecule has 0 bridgehead atoms. The molecule has 0 saturated heterocycles. The quantitative estimate of drug-likeness (QED) is 0.616. The zero-order valence-corrected chi connectivity index (χ0v) is 7.60. The summed E-state index contributed by atoms with van der Waals surface area (Å²) < 4.78 is 5.01. The van der Waals surface area contributed by atoms with Crippen molar-refractivity contribution in [3.8, 4) is 0 Å². The van der Waals surface area contributed by atoms with Gasteiger partial charge in [0, 0.05) is 12.6 Å². The Hall–Kier alpha value is -0.840. The second kappa shape index (κ2) is 5.01. The van der Waals surface area contributed by atoms with Crippen LogP contribution in [0, 0.1) is 0 Å². The highest BCUT2D eigenvalue weighted by molar-refractivity contribution is 5.02. The molecular weight excluding hydrogens is 170 g/mol. The highest BCUT2D eigenvalue weighted by Crippen LogP contribution is 2.11. The normalized spacial score (nSPS) is 15.6. The first-order valence-corrected chi connectivity index (χ1v) is 4.29. The van der Waals surface area contributed by atoms with Gasteiger partial charge in [-0.15, -0.1) is 0 Å². The molecule has 1 aromatic heterocycles. The van der Waals surface area contributed by atoms with Crippen LogP contribution in [0.3, 0.4) is 0 Å². The highest BCUT2D eigenvalue weighted by Gasteiger charge is 2.10. The molecule has 0 saturated carbocycles. The molecule has 4 heteroatoms. The van der Waals surface area contributed by atoms with Crippen molar-refractivity contribution in [1.29, 1.82) is 0 Å². The Morgan fingerprint density at radius 3 is 2.92 bits per heavy atom. The molecule has 74 valence electrons. The van der Waals surface area contributed by atoms with Crippen LogP contribution in [0.2, 0.25) is 0 Å². The largest absolute Gasteiger partial charge is 0.467 e. The molecule has 2 unspecified atom stereocenters. The van der Waals surface area contributed by atoms with Gasteiger partial charge in [0.05, 0.1) is 12.9 Å². The van der Waals surface area contributed by atoms with Gasteiger partial charge in [0.15, 0.2) is 0 Å². The van der Waals surface area contributed by atoms with Gasteiger partial charge >= 0.3 is 0 Å². The van der Waals surface area contributed by atoms with Crippen LogP contribution in [0.5, 0.6) is 0 Å². The zero-order chi connectivity index (χ0) is 9.68. The van der Waals surface area contributed by atoms with Gasteiger partial charge in [0.25, 0.3) is 0 Å². The molecule has 0 aliphatic heterocycles. The number of aliphatic hydroxyl groups is 2. The predicted octanol–water partition coefficient (Wildman–Crippen LogP) is 0.283. The second-order valence-corrected chi connectivity index (χ2v) is 3.02. The standard InChI is InChI=1S/C9H15NO3/c1-7(6-11)10-5-8(12)9-3-2-4-13-9/h2-4,7-8,10-12H,5-6H2,1H3. The van der Waals surface area contributed by atoms with E-state index in [1.54, 1.807) is 12.1 Å². The van der Waals surface area contributed by atoms with Gasteiger partial charge in [-0.25, -0.2) is 0 Å². The highest BCUT2D eigenvalue weighted by atomic mass is 16.4. The summed E-state index contributed by atoms with van der Waals surface area (Å²) in [4.78, 5) is 0. The number of hydrogen-bond acceptors (Lipinski definition) is 4. The van der Waals surface area contributed by atoms with Crippen LogP contribution in [0.1, 0.15) is 18.8 Å². The molecule has 0 fully saturated rings. The molecule has 0 aliphatic rings. The Balaban J connectivity index is 2.30. The van der Waals surface area contributed by atoms with Crippen molar-refractivity contribution < 1.29 is 14.6 Å². The lowest BCUT2D eigenvalue weighted by atomic mass is 10.2. The Bertz CT molecular complexity index is 223. The number of aliphatic hydroxyl groups excluding tert-OH is 2. The first-order chi connectivity index (χ1) is 6.24. The summed E-state index contributed by atoms with van der Waals surface area (Å²) in [6.45, 7) is 2.29. The lowest BCUT2D eigenvalue weighted by Crippen LogP contribution is -2.32. The fourth-order valence-electron chi connectivity index (χ4n) is 0.959. The third-order valence-electron chi connectivity index (χ3n) is 1.81. The fraction of sp³-hybridized carbons (Fsp3) is 0.556. The van der Waals surface area contributed by atoms with E-state index in [1.807, 2.05) is 6.92 Å². The fourth-order valence-corrected chi connectivity index (χ4v) is 0.959. The molecule has 0 radical (unpaired) electrons. The molecule has 1 rings (SSSR count). The molecule has 3 N–H and O–H groups in total. The average Bonchev–Trinajstić information content (AvgIpc) is 2.66. The number of hydrogen-bond donors (Lipinski definition) is 3. The number of furan rings is 1. The van der Waals surface area contributed by atoms with E-state index in [1.165, 1.54) is 6.26 Å². The molecule has 0 aliphatic carbocycles. The number of nitrogens with one attached hydrogen (secondary N) is 1. The van der Waals surface area contributed by atoms with Gasteiger partial charge in [0.2, 0.25) is 0 Å². The van der Waals surface area contributed by atoms with Crippen LogP contribution in [0.15, 0.2) is 22.8 Å². The van der Waals surface area contributed by atoms with E-state index >= 15 is 0 Å². The van der Waals surface area contributed by atoms with Crippen molar-refractivity contribution in [2.45, 2.75) is 19.1 Å². The Morgan fingerprint density at radius 2 is 2.38 bits per heavy atom. The van der Waals surface area contributed by atoms with Gasteiger partial charge in [0.1, 0.15) is 11.9 Å². The van der Waals surface area contributed by atoms with Gasteiger partial charge in [-0.05, 0) is 19.1 Å². The van der Waals surface area contributed by atoms with E-state index in [-0.39, 0.29) is 12.6 Å². The maximum absolute atomic E-state index is 9.52. The third-order valence-corrected chi connectivity index (χ3v) is 1.81. The van der Waals surface area contributed by atoms with E-state index in [0.717, 1.165) is 0 Å². The molecule has 1 aromatic rings. The summed E-state index contributed by atoms with van der Waals surface area (Å²) in [5.41, 5.74) is 0. The van der Waals surface area contributed by atoms with Gasteiger partial charge in [-0.2, -0.15) is 0 Å². The Morgan fingerprint density at radius 1 is 1.62 bits per heavy atom. The summed E-state index contributed by atoms with van der Waals surface area (Å²) in [7, 11) is 0. The monoisotopic (exact) mass is 185 g/mol. The van der Waals surface area contributed by atoms with Gasteiger partial charge in [-0.1, -0.05) is 0 Å². The Labute approximate surface area is 77.2 Å². The van der Waals surface area contributed by atoms with E-state index in [4.69, 9.17) is 9.52 Å². The van der Waals surface area contributed by atoms with Gasteiger partial charge in [-0.3, -0.25) is 0 Å². The van der Waals surface area contributed by atoms with Crippen LogP contribution in [0.4, 0.5) is 0 Å². The van der Waals surface area contributed by atoms with E-state index in [0.29, 0.717) is 12.3 Å². The third kappa shape index (κ3) is 3.18. The summed E-state index contributed by atoms with van der Waals surface area (Å²) in [5, 5.41) is 21.2. The summed E-state index contributed by atoms with van der Waals surface area (Å²) in [5.74, 6) is 0.539. The minimum Gasteiger partial charge on any atom is -0.467 e. The molecular formula is C9H15NO3. The summed E-state index contributed by atoms with van der Waals surface area (Å²) >= 11 is 0. The zero-order valence-electron chi connectivity index (χ0n) is 7.60. The summed E-state index contributed by atoms with van der Waals surface area (Å²) in [6.07, 6.45) is 0.873. The lowest BCUT2D eigenvalue weighted by Gasteiger charge is -2.13. The molecule has 0 amide bonds. The van der Waals surface area contributed by atoms with E-state index in [9.17, 15) is 5.11 Å². The van der Waals surface area contributed by atoms with Crippen molar-refractivity contribution in [2.75, 3.05) is 13.2 Å². The average molecular weight is 185 g/mol. The smallest absolute Gasteiger partial charge is 0.133 e. The topological polar surface area (TPSA) is 65.6 Å². The van der Waals surface area contributed by atoms with Crippen LogP contribution in [0.25, 0.3) is 0 Å². The Kier molecular flexibility index (Phi) is 3.95. The molecule has 0 aromatic carbocycles. The SMILES string of the molecule is CC(CO)NCC(O)c1ccco1. The maximum atomic E-state index is 9.52. The van der Waals surface area contributed by atoms with E-state index < -0.39 is 6.10 Å². The van der Waals surface area contributed by atoms with Crippen molar-refractivity contribution in [2.24, 2.45) is 0 Å². The molecule has 13 heavy (non-hydrogen) atoms. The van der Waals surface area contributed by atoms with Crippen molar-refractivity contribution in [1.82, 2.24) is 5.32 Å². The van der Waals surface area contributed by atoms with Crippen molar-refractivity contribution in [3.63, 3.8) is 0 Å². The molecule has 2 atom stereocenters. The summed E-state index contributed by atoms with van der Waals surface area (Å²) in [6, 6.07) is 3.44. The van der Waals surface area contributed by atoms with Crippen molar-refractivity contribution in [3.05, 3.63) is 24.2 Å². The predicted molar refractivity (Wildman–Crippen MR) is 48.2 cm³/mol. The van der Waals surface area contributed by atoms with Crippen LogP contribution in [-0.4, -0.2) is 29.4 Å². The van der Waals surface area contributed by atoms with Crippen LogP contribution >= 0.6 is 0 Å². The molecule has 0 spiro atoms. The molecule has 4 nitrogen and oxygen atoms in total. The maximum Gasteiger partial charge on any atom is 0.133 e. The lowest BCUT2D eigenvalue weighted by molar-refractivity contribution is 0.138. The van der Waals surface area contributed by atoms with Crippen LogP contribution < -0.4 is 5.32 Å². The van der Waals surface area contributed by atoms with Gasteiger partial charge < -0.3 is 19.9 Å². The minimum absolute atomic E-state index is 0.00962. The minimum atomic E-state index is -0.649.